The molecule has 212 valence electrons. The minimum atomic E-state index is 0.686. The number of rotatable bonds is 6. The van der Waals surface area contributed by atoms with Gasteiger partial charge in [0.15, 0.2) is 5.82 Å². The fourth-order valence-corrected chi connectivity index (χ4v) is 5.76. The number of benzene rings is 5. The largest absolute Gasteiger partial charge is 0.317 e. The maximum atomic E-state index is 5.11. The van der Waals surface area contributed by atoms with E-state index in [4.69, 9.17) is 9.97 Å². The summed E-state index contributed by atoms with van der Waals surface area (Å²) in [5, 5.41) is 1.17. The van der Waals surface area contributed by atoms with Gasteiger partial charge in [-0.1, -0.05) is 84.9 Å². The van der Waals surface area contributed by atoms with Crippen molar-refractivity contribution in [2.75, 3.05) is 0 Å². The molecule has 0 atom stereocenters. The molecule has 0 aliphatic heterocycles. The Labute approximate surface area is 261 Å². The van der Waals surface area contributed by atoms with Crippen molar-refractivity contribution in [3.05, 3.63) is 164 Å². The molecule has 8 aromatic rings. The molecule has 0 aliphatic carbocycles. The number of aromatic nitrogens is 5. The van der Waals surface area contributed by atoms with E-state index in [-0.39, 0.29) is 0 Å². The fourth-order valence-electron chi connectivity index (χ4n) is 5.76. The van der Waals surface area contributed by atoms with Crippen LogP contribution in [0, 0.1) is 0 Å². The molecule has 0 saturated carbocycles. The molecule has 8 rings (SSSR count). The Balaban J connectivity index is 1.31. The lowest BCUT2D eigenvalue weighted by molar-refractivity contribution is 1.13. The van der Waals surface area contributed by atoms with Crippen LogP contribution in [0.4, 0.5) is 0 Å². The average molecular weight is 578 g/mol. The van der Waals surface area contributed by atoms with Gasteiger partial charge in [-0.05, 0) is 71.3 Å². The molecule has 5 nitrogen and oxygen atoms in total. The lowest BCUT2D eigenvalue weighted by Crippen LogP contribution is -1.96. The summed E-state index contributed by atoms with van der Waals surface area (Å²) in [7, 11) is 0. The van der Waals surface area contributed by atoms with E-state index >= 15 is 0 Å². The first kappa shape index (κ1) is 26.4. The zero-order chi connectivity index (χ0) is 30.0. The van der Waals surface area contributed by atoms with Crippen LogP contribution in [0.25, 0.3) is 72.7 Å². The molecule has 0 aliphatic rings. The smallest absolute Gasteiger partial charge is 0.160 e. The van der Waals surface area contributed by atoms with Crippen molar-refractivity contribution in [1.82, 2.24) is 24.5 Å². The third-order valence-corrected chi connectivity index (χ3v) is 8.01. The van der Waals surface area contributed by atoms with Gasteiger partial charge < -0.3 is 4.57 Å². The standard InChI is InChI=1S/C40H27N5/c1-4-10-28(11-5-1)37-24-38(44-40(43-37)29-12-6-2-7-13-29)34-22-32(21-33(23-34)35-25-41-27-42-26-35)30-16-17-39-31(20-30)18-19-45(39)36-14-8-3-9-15-36/h1-27H. The van der Waals surface area contributed by atoms with Crippen LogP contribution in [-0.4, -0.2) is 24.5 Å². The Morgan fingerprint density at radius 2 is 1.02 bits per heavy atom. The number of fused-ring (bicyclic) bond motifs is 1. The highest BCUT2D eigenvalue weighted by molar-refractivity contribution is 5.89. The highest BCUT2D eigenvalue weighted by Gasteiger charge is 2.14. The third kappa shape index (κ3) is 5.28. The van der Waals surface area contributed by atoms with Crippen molar-refractivity contribution in [2.45, 2.75) is 0 Å². The van der Waals surface area contributed by atoms with Gasteiger partial charge in [0.05, 0.1) is 16.9 Å². The van der Waals surface area contributed by atoms with Crippen LogP contribution in [0.3, 0.4) is 0 Å². The van der Waals surface area contributed by atoms with Gasteiger partial charge in [0, 0.05) is 51.9 Å². The molecule has 5 heteroatoms. The average Bonchev–Trinajstić information content (AvgIpc) is 3.56. The van der Waals surface area contributed by atoms with Crippen molar-refractivity contribution in [3.63, 3.8) is 0 Å². The Morgan fingerprint density at radius 3 is 1.73 bits per heavy atom. The summed E-state index contributed by atoms with van der Waals surface area (Å²) in [5.41, 5.74) is 11.2. The van der Waals surface area contributed by atoms with E-state index in [0.717, 1.165) is 61.5 Å². The minimum absolute atomic E-state index is 0.686. The lowest BCUT2D eigenvalue weighted by Gasteiger charge is -2.13. The molecule has 0 fully saturated rings. The van der Waals surface area contributed by atoms with Crippen LogP contribution < -0.4 is 0 Å². The zero-order valence-corrected chi connectivity index (χ0v) is 24.3. The molecule has 0 bridgehead atoms. The molecular weight excluding hydrogens is 550 g/mol. The molecule has 3 heterocycles. The van der Waals surface area contributed by atoms with Crippen molar-refractivity contribution < 1.29 is 0 Å². The fraction of sp³-hybridized carbons (Fsp3) is 0. The van der Waals surface area contributed by atoms with Gasteiger partial charge in [-0.15, -0.1) is 0 Å². The van der Waals surface area contributed by atoms with Crippen LogP contribution >= 0.6 is 0 Å². The van der Waals surface area contributed by atoms with E-state index in [2.05, 4.69) is 106 Å². The topological polar surface area (TPSA) is 56.5 Å². The summed E-state index contributed by atoms with van der Waals surface area (Å²) >= 11 is 0. The number of hydrogen-bond donors (Lipinski definition) is 0. The van der Waals surface area contributed by atoms with E-state index < -0.39 is 0 Å². The minimum Gasteiger partial charge on any atom is -0.317 e. The SMILES string of the molecule is c1ccc(-c2cc(-c3cc(-c4cncnc4)cc(-c4ccc5c(ccn5-c5ccccc5)c4)c3)nc(-c3ccccc3)n2)cc1. The second-order valence-electron chi connectivity index (χ2n) is 10.9. The Morgan fingerprint density at radius 1 is 0.422 bits per heavy atom. The van der Waals surface area contributed by atoms with Gasteiger partial charge in [-0.3, -0.25) is 0 Å². The van der Waals surface area contributed by atoms with Crippen molar-refractivity contribution in [1.29, 1.82) is 0 Å². The molecule has 0 unspecified atom stereocenters. The molecular formula is C40H27N5. The Kier molecular flexibility index (Phi) is 6.74. The number of nitrogens with zero attached hydrogens (tertiary/aromatic N) is 5. The van der Waals surface area contributed by atoms with E-state index in [1.807, 2.05) is 67.0 Å². The van der Waals surface area contributed by atoms with Gasteiger partial charge in [0.1, 0.15) is 6.33 Å². The molecule has 45 heavy (non-hydrogen) atoms. The summed E-state index contributed by atoms with van der Waals surface area (Å²) in [6.07, 6.45) is 7.39. The van der Waals surface area contributed by atoms with Gasteiger partial charge >= 0.3 is 0 Å². The monoisotopic (exact) mass is 577 g/mol. The summed E-state index contributed by atoms with van der Waals surface area (Å²) in [4.78, 5) is 18.7. The molecule has 0 spiro atoms. The van der Waals surface area contributed by atoms with Crippen molar-refractivity contribution in [2.24, 2.45) is 0 Å². The van der Waals surface area contributed by atoms with Gasteiger partial charge in [-0.25, -0.2) is 19.9 Å². The summed E-state index contributed by atoms with van der Waals surface area (Å²) in [5.74, 6) is 0.686. The van der Waals surface area contributed by atoms with Crippen LogP contribution in [0.2, 0.25) is 0 Å². The first-order valence-corrected chi connectivity index (χ1v) is 14.9. The highest BCUT2D eigenvalue weighted by atomic mass is 15.0. The van der Waals surface area contributed by atoms with E-state index in [0.29, 0.717) is 5.82 Å². The van der Waals surface area contributed by atoms with Crippen LogP contribution in [0.1, 0.15) is 0 Å². The zero-order valence-electron chi connectivity index (χ0n) is 24.3. The van der Waals surface area contributed by atoms with Crippen LogP contribution in [0.15, 0.2) is 164 Å². The predicted molar refractivity (Wildman–Crippen MR) is 182 cm³/mol. The summed E-state index contributed by atoms with van der Waals surface area (Å²) in [6.45, 7) is 0. The van der Waals surface area contributed by atoms with Gasteiger partial charge in [0.25, 0.3) is 0 Å². The number of hydrogen-bond acceptors (Lipinski definition) is 4. The second kappa shape index (κ2) is 11.5. The summed E-state index contributed by atoms with van der Waals surface area (Å²) in [6, 6.07) is 48.3. The van der Waals surface area contributed by atoms with Crippen LogP contribution in [-0.2, 0) is 0 Å². The second-order valence-corrected chi connectivity index (χ2v) is 10.9. The first-order chi connectivity index (χ1) is 22.3. The van der Waals surface area contributed by atoms with Crippen molar-refractivity contribution in [3.8, 4) is 61.8 Å². The maximum absolute atomic E-state index is 5.11. The van der Waals surface area contributed by atoms with E-state index in [9.17, 15) is 0 Å². The van der Waals surface area contributed by atoms with Gasteiger partial charge in [0.2, 0.25) is 0 Å². The molecule has 0 radical (unpaired) electrons. The normalized spacial score (nSPS) is 11.1. The number of para-hydroxylation sites is 1. The van der Waals surface area contributed by atoms with E-state index in [1.165, 1.54) is 5.39 Å². The molecule has 0 amide bonds. The molecule has 5 aromatic carbocycles. The van der Waals surface area contributed by atoms with E-state index in [1.54, 1.807) is 6.33 Å². The molecule has 0 saturated heterocycles. The maximum Gasteiger partial charge on any atom is 0.160 e. The quantitative estimate of drug-likeness (QED) is 0.197. The first-order valence-electron chi connectivity index (χ1n) is 14.9. The van der Waals surface area contributed by atoms with Crippen LogP contribution in [0.5, 0.6) is 0 Å². The van der Waals surface area contributed by atoms with Gasteiger partial charge in [-0.2, -0.15) is 0 Å². The molecule has 0 N–H and O–H groups in total. The third-order valence-electron chi connectivity index (χ3n) is 8.01. The van der Waals surface area contributed by atoms with Crippen molar-refractivity contribution >= 4 is 10.9 Å². The predicted octanol–water partition coefficient (Wildman–Crippen LogP) is 9.55. The molecule has 3 aromatic heterocycles. The Bertz CT molecular complexity index is 2190. The highest BCUT2D eigenvalue weighted by Crippen LogP contribution is 2.35. The Hall–Kier alpha value is -6.20. The summed E-state index contributed by atoms with van der Waals surface area (Å²) < 4.78 is 2.22. The lowest BCUT2D eigenvalue weighted by atomic mass is 9.95.